The zero-order chi connectivity index (χ0) is 16.1. The van der Waals surface area contributed by atoms with E-state index in [1.165, 1.54) is 0 Å². The molecule has 1 heterocycles. The molecule has 120 valence electrons. The number of hydrogen-bond donors (Lipinski definition) is 1. The summed E-state index contributed by atoms with van der Waals surface area (Å²) in [4.78, 5) is 16.4. The molecule has 2 amide bonds. The minimum atomic E-state index is 0.00427. The van der Waals surface area contributed by atoms with E-state index in [0.29, 0.717) is 6.54 Å². The van der Waals surface area contributed by atoms with Crippen LogP contribution in [0.15, 0.2) is 54.6 Å². The fourth-order valence-corrected chi connectivity index (χ4v) is 2.83. The van der Waals surface area contributed by atoms with Crippen LogP contribution in [0.3, 0.4) is 0 Å². The van der Waals surface area contributed by atoms with Crippen molar-refractivity contribution in [3.05, 3.63) is 65.2 Å². The molecule has 23 heavy (non-hydrogen) atoms. The number of benzene rings is 2. The largest absolute Gasteiger partial charge is 0.368 e. The maximum atomic E-state index is 12.2. The number of carbonyl (C=O) groups is 1. The Bertz CT molecular complexity index is 637. The maximum absolute atomic E-state index is 12.2. The molecule has 5 heteroatoms. The second-order valence-corrected chi connectivity index (χ2v) is 6.03. The summed E-state index contributed by atoms with van der Waals surface area (Å²) in [7, 11) is 0. The van der Waals surface area contributed by atoms with E-state index in [1.807, 2.05) is 59.5 Å². The van der Waals surface area contributed by atoms with Crippen LogP contribution in [0.5, 0.6) is 0 Å². The van der Waals surface area contributed by atoms with E-state index in [2.05, 4.69) is 10.2 Å². The van der Waals surface area contributed by atoms with Gasteiger partial charge in [-0.25, -0.2) is 4.79 Å². The number of nitrogens with zero attached hydrogens (tertiary/aromatic N) is 2. The van der Waals surface area contributed by atoms with Gasteiger partial charge < -0.3 is 15.1 Å². The molecule has 0 unspecified atom stereocenters. The number of urea groups is 1. The van der Waals surface area contributed by atoms with E-state index in [9.17, 15) is 4.79 Å². The van der Waals surface area contributed by atoms with Gasteiger partial charge in [-0.1, -0.05) is 41.9 Å². The fraction of sp³-hybridized carbons (Fsp3) is 0.278. The van der Waals surface area contributed by atoms with E-state index in [0.717, 1.165) is 42.5 Å². The van der Waals surface area contributed by atoms with Gasteiger partial charge in [0.2, 0.25) is 0 Å². The van der Waals surface area contributed by atoms with Gasteiger partial charge in [0.05, 0.1) is 0 Å². The van der Waals surface area contributed by atoms with Crippen LogP contribution in [0, 0.1) is 0 Å². The van der Waals surface area contributed by atoms with Crippen molar-refractivity contribution in [2.75, 3.05) is 31.1 Å². The number of nitrogens with one attached hydrogen (secondary N) is 1. The number of carbonyl (C=O) groups excluding carboxylic acids is 1. The first-order chi connectivity index (χ1) is 11.2. The highest BCUT2D eigenvalue weighted by atomic mass is 35.5. The van der Waals surface area contributed by atoms with Gasteiger partial charge in [0.25, 0.3) is 0 Å². The Balaban J connectivity index is 1.48. The second-order valence-electron chi connectivity index (χ2n) is 5.59. The standard InChI is InChI=1S/C18H20ClN3O/c19-16-6-8-17(9-7-16)21-10-12-22(13-11-21)18(23)20-14-15-4-2-1-3-5-15/h1-9H,10-14H2,(H,20,23). The van der Waals surface area contributed by atoms with E-state index in [1.54, 1.807) is 0 Å². The van der Waals surface area contributed by atoms with Gasteiger partial charge in [-0.15, -0.1) is 0 Å². The predicted octanol–water partition coefficient (Wildman–Crippen LogP) is 3.37. The van der Waals surface area contributed by atoms with Gasteiger partial charge in [0.1, 0.15) is 0 Å². The summed E-state index contributed by atoms with van der Waals surface area (Å²) in [5, 5.41) is 3.72. The molecule has 1 aliphatic heterocycles. The molecule has 0 saturated carbocycles. The number of halogens is 1. The summed E-state index contributed by atoms with van der Waals surface area (Å²) in [6.45, 7) is 3.68. The van der Waals surface area contributed by atoms with E-state index in [4.69, 9.17) is 11.6 Å². The molecule has 0 aromatic heterocycles. The maximum Gasteiger partial charge on any atom is 0.317 e. The Kier molecular flexibility index (Phi) is 5.03. The lowest BCUT2D eigenvalue weighted by Gasteiger charge is -2.36. The van der Waals surface area contributed by atoms with Crippen molar-refractivity contribution in [3.63, 3.8) is 0 Å². The summed E-state index contributed by atoms with van der Waals surface area (Å²) in [5.41, 5.74) is 2.26. The smallest absolute Gasteiger partial charge is 0.317 e. The molecule has 0 aliphatic carbocycles. The number of amides is 2. The molecule has 0 atom stereocenters. The van der Waals surface area contributed by atoms with Crippen molar-refractivity contribution < 1.29 is 4.79 Å². The Morgan fingerprint density at radius 2 is 1.61 bits per heavy atom. The summed E-state index contributed by atoms with van der Waals surface area (Å²) >= 11 is 5.92. The lowest BCUT2D eigenvalue weighted by molar-refractivity contribution is 0.194. The van der Waals surface area contributed by atoms with Crippen molar-refractivity contribution in [1.29, 1.82) is 0 Å². The van der Waals surface area contributed by atoms with Gasteiger partial charge >= 0.3 is 6.03 Å². The first-order valence-corrected chi connectivity index (χ1v) is 8.17. The molecule has 2 aromatic carbocycles. The minimum Gasteiger partial charge on any atom is -0.368 e. The van der Waals surface area contributed by atoms with Crippen LogP contribution >= 0.6 is 11.6 Å². The monoisotopic (exact) mass is 329 g/mol. The van der Waals surface area contributed by atoms with Gasteiger partial charge in [-0.3, -0.25) is 0 Å². The summed E-state index contributed by atoms with van der Waals surface area (Å²) in [6.07, 6.45) is 0. The van der Waals surface area contributed by atoms with Gasteiger partial charge in [0.15, 0.2) is 0 Å². The van der Waals surface area contributed by atoms with Crippen molar-refractivity contribution in [2.24, 2.45) is 0 Å². The first-order valence-electron chi connectivity index (χ1n) is 7.79. The van der Waals surface area contributed by atoms with E-state index >= 15 is 0 Å². The zero-order valence-electron chi connectivity index (χ0n) is 12.9. The number of piperazine rings is 1. The zero-order valence-corrected chi connectivity index (χ0v) is 13.7. The molecule has 4 nitrogen and oxygen atoms in total. The van der Waals surface area contributed by atoms with Crippen molar-refractivity contribution >= 4 is 23.3 Å². The fourth-order valence-electron chi connectivity index (χ4n) is 2.70. The van der Waals surface area contributed by atoms with Crippen LogP contribution < -0.4 is 10.2 Å². The Morgan fingerprint density at radius 3 is 2.26 bits per heavy atom. The van der Waals surface area contributed by atoms with Crippen molar-refractivity contribution in [1.82, 2.24) is 10.2 Å². The Morgan fingerprint density at radius 1 is 0.957 bits per heavy atom. The molecular weight excluding hydrogens is 310 g/mol. The topological polar surface area (TPSA) is 35.6 Å². The van der Waals surface area contributed by atoms with Crippen LogP contribution in [-0.2, 0) is 6.54 Å². The predicted molar refractivity (Wildman–Crippen MR) is 93.9 cm³/mol. The third-order valence-electron chi connectivity index (χ3n) is 4.05. The average molecular weight is 330 g/mol. The van der Waals surface area contributed by atoms with E-state index < -0.39 is 0 Å². The third-order valence-corrected chi connectivity index (χ3v) is 4.30. The molecule has 1 aliphatic rings. The van der Waals surface area contributed by atoms with Gasteiger partial charge in [-0.2, -0.15) is 0 Å². The van der Waals surface area contributed by atoms with Crippen LogP contribution in [0.1, 0.15) is 5.56 Å². The molecular formula is C18H20ClN3O. The number of rotatable bonds is 3. The highest BCUT2D eigenvalue weighted by Gasteiger charge is 2.20. The van der Waals surface area contributed by atoms with Crippen LogP contribution in [0.25, 0.3) is 0 Å². The lowest BCUT2D eigenvalue weighted by Crippen LogP contribution is -2.51. The highest BCUT2D eigenvalue weighted by Crippen LogP contribution is 2.19. The minimum absolute atomic E-state index is 0.00427. The SMILES string of the molecule is O=C(NCc1ccccc1)N1CCN(c2ccc(Cl)cc2)CC1. The van der Waals surface area contributed by atoms with Gasteiger partial charge in [0, 0.05) is 43.4 Å². The summed E-state index contributed by atoms with van der Waals surface area (Å²) < 4.78 is 0. The van der Waals surface area contributed by atoms with E-state index in [-0.39, 0.29) is 6.03 Å². The molecule has 0 spiro atoms. The van der Waals surface area contributed by atoms with Crippen molar-refractivity contribution in [3.8, 4) is 0 Å². The molecule has 0 radical (unpaired) electrons. The molecule has 1 fully saturated rings. The molecule has 0 bridgehead atoms. The normalized spacial score (nSPS) is 14.7. The summed E-state index contributed by atoms with van der Waals surface area (Å²) in [6, 6.07) is 17.8. The van der Waals surface area contributed by atoms with Gasteiger partial charge in [-0.05, 0) is 29.8 Å². The molecule has 2 aromatic rings. The lowest BCUT2D eigenvalue weighted by atomic mass is 10.2. The first kappa shape index (κ1) is 15.7. The van der Waals surface area contributed by atoms with Crippen LogP contribution in [-0.4, -0.2) is 37.1 Å². The Labute approximate surface area is 141 Å². The number of anilines is 1. The summed E-state index contributed by atoms with van der Waals surface area (Å²) in [5.74, 6) is 0. The van der Waals surface area contributed by atoms with Crippen molar-refractivity contribution in [2.45, 2.75) is 6.54 Å². The highest BCUT2D eigenvalue weighted by molar-refractivity contribution is 6.30. The average Bonchev–Trinajstić information content (AvgIpc) is 2.61. The molecule has 1 N–H and O–H groups in total. The van der Waals surface area contributed by atoms with Crippen LogP contribution in [0.2, 0.25) is 5.02 Å². The van der Waals surface area contributed by atoms with Crippen LogP contribution in [0.4, 0.5) is 10.5 Å². The third kappa shape index (κ3) is 4.17. The molecule has 1 saturated heterocycles. The number of hydrogen-bond acceptors (Lipinski definition) is 2. The quantitative estimate of drug-likeness (QED) is 0.937. The Hall–Kier alpha value is -2.20. The molecule has 3 rings (SSSR count). The second kappa shape index (κ2) is 7.38.